The molecule has 0 aromatic carbocycles. The van der Waals surface area contributed by atoms with Gasteiger partial charge in [-0.3, -0.25) is 0 Å². The number of rotatable bonds is 1. The Morgan fingerprint density at radius 3 is 2.22 bits per heavy atom. The van der Waals surface area contributed by atoms with Gasteiger partial charge in [0.15, 0.2) is 0 Å². The van der Waals surface area contributed by atoms with E-state index in [0.717, 1.165) is 6.42 Å². The van der Waals surface area contributed by atoms with Crippen molar-refractivity contribution < 1.29 is 4.74 Å². The fraction of sp³-hybridized carbons (Fsp3) is 1.00. The van der Waals surface area contributed by atoms with Crippen LogP contribution in [0.3, 0.4) is 0 Å². The van der Waals surface area contributed by atoms with Crippen LogP contribution >= 0.6 is 15.9 Å². The molecular formula is C7H13BrO. The summed E-state index contributed by atoms with van der Waals surface area (Å²) in [6.07, 6.45) is 1.62. The Morgan fingerprint density at radius 1 is 1.56 bits per heavy atom. The molecule has 0 N–H and O–H groups in total. The van der Waals surface area contributed by atoms with E-state index < -0.39 is 0 Å². The van der Waals surface area contributed by atoms with Gasteiger partial charge in [-0.2, -0.15) is 0 Å². The maximum atomic E-state index is 5.24. The third-order valence-electron chi connectivity index (χ3n) is 2.34. The minimum absolute atomic E-state index is 0.342. The predicted molar refractivity (Wildman–Crippen MR) is 41.9 cm³/mol. The Balaban J connectivity index is 2.48. The van der Waals surface area contributed by atoms with Crippen LogP contribution in [-0.4, -0.2) is 18.0 Å². The highest BCUT2D eigenvalue weighted by Gasteiger charge is 2.46. The first-order chi connectivity index (χ1) is 4.09. The lowest BCUT2D eigenvalue weighted by Gasteiger charge is -2.48. The van der Waals surface area contributed by atoms with Crippen molar-refractivity contribution in [3.8, 4) is 0 Å². The quantitative estimate of drug-likeness (QED) is 0.580. The van der Waals surface area contributed by atoms with Crippen molar-refractivity contribution in [3.63, 3.8) is 0 Å². The van der Waals surface area contributed by atoms with Gasteiger partial charge >= 0.3 is 0 Å². The summed E-state index contributed by atoms with van der Waals surface area (Å²) in [5, 5.41) is 0. The number of hydrogen-bond acceptors (Lipinski definition) is 1. The van der Waals surface area contributed by atoms with Crippen LogP contribution in [0, 0.1) is 5.41 Å². The number of hydrogen-bond donors (Lipinski definition) is 0. The molecule has 0 aromatic heterocycles. The van der Waals surface area contributed by atoms with Crippen LogP contribution < -0.4 is 0 Å². The van der Waals surface area contributed by atoms with Gasteiger partial charge in [-0.1, -0.05) is 29.8 Å². The predicted octanol–water partition coefficient (Wildman–Crippen LogP) is 2.19. The Kier molecular flexibility index (Phi) is 1.88. The highest BCUT2D eigenvalue weighted by Crippen LogP contribution is 2.46. The van der Waals surface area contributed by atoms with E-state index >= 15 is 0 Å². The zero-order valence-corrected chi connectivity index (χ0v) is 7.73. The molecule has 2 unspecified atom stereocenters. The van der Waals surface area contributed by atoms with Crippen molar-refractivity contribution in [1.82, 2.24) is 0 Å². The van der Waals surface area contributed by atoms with Crippen LogP contribution in [0.25, 0.3) is 0 Å². The van der Waals surface area contributed by atoms with Gasteiger partial charge in [-0.15, -0.1) is 0 Å². The van der Waals surface area contributed by atoms with E-state index in [2.05, 4.69) is 29.8 Å². The number of ether oxygens (including phenoxy) is 1. The zero-order valence-electron chi connectivity index (χ0n) is 6.15. The summed E-state index contributed by atoms with van der Waals surface area (Å²) in [7, 11) is 1.78. The standard InChI is InChI=1S/C7H13BrO/c1-7(2)5(8)4-6(7)9-3/h5-6H,4H2,1-3H3. The number of alkyl halides is 1. The second kappa shape index (κ2) is 2.24. The van der Waals surface area contributed by atoms with Crippen LogP contribution in [0.5, 0.6) is 0 Å². The molecule has 0 amide bonds. The average Bonchev–Trinajstić information content (AvgIpc) is 1.82. The number of methoxy groups -OCH3 is 1. The highest BCUT2D eigenvalue weighted by molar-refractivity contribution is 9.09. The molecule has 0 spiro atoms. The van der Waals surface area contributed by atoms with E-state index in [1.807, 2.05) is 0 Å². The summed E-state index contributed by atoms with van der Waals surface area (Å²) in [5.74, 6) is 0. The molecule has 0 saturated heterocycles. The molecule has 2 heteroatoms. The molecule has 1 fully saturated rings. The Labute approximate surface area is 64.9 Å². The van der Waals surface area contributed by atoms with Crippen molar-refractivity contribution in [1.29, 1.82) is 0 Å². The van der Waals surface area contributed by atoms with Gasteiger partial charge in [-0.25, -0.2) is 0 Å². The van der Waals surface area contributed by atoms with Gasteiger partial charge in [0.1, 0.15) is 0 Å². The monoisotopic (exact) mass is 192 g/mol. The third kappa shape index (κ3) is 1.03. The summed E-state index contributed by atoms with van der Waals surface area (Å²) in [6.45, 7) is 4.45. The molecule has 0 bridgehead atoms. The van der Waals surface area contributed by atoms with Crippen molar-refractivity contribution >= 4 is 15.9 Å². The lowest BCUT2D eigenvalue weighted by Crippen LogP contribution is -2.50. The average molecular weight is 193 g/mol. The second-order valence-electron chi connectivity index (χ2n) is 3.25. The molecule has 2 atom stereocenters. The highest BCUT2D eigenvalue weighted by atomic mass is 79.9. The summed E-state index contributed by atoms with van der Waals surface area (Å²) in [5.41, 5.74) is 0.342. The molecule has 0 heterocycles. The SMILES string of the molecule is COC1CC(Br)C1(C)C. The van der Waals surface area contributed by atoms with Gasteiger partial charge in [0.25, 0.3) is 0 Å². The van der Waals surface area contributed by atoms with Crippen molar-refractivity contribution in [2.45, 2.75) is 31.2 Å². The first-order valence-electron chi connectivity index (χ1n) is 3.26. The molecule has 1 rings (SSSR count). The summed E-state index contributed by atoms with van der Waals surface area (Å²) < 4.78 is 5.24. The van der Waals surface area contributed by atoms with Gasteiger partial charge in [0.05, 0.1) is 6.10 Å². The first kappa shape index (κ1) is 7.55. The maximum Gasteiger partial charge on any atom is 0.0643 e. The topological polar surface area (TPSA) is 9.23 Å². The molecule has 1 saturated carbocycles. The van der Waals surface area contributed by atoms with Gasteiger partial charge < -0.3 is 4.74 Å². The molecule has 54 valence electrons. The molecular weight excluding hydrogens is 180 g/mol. The Bertz CT molecular complexity index is 111. The van der Waals surface area contributed by atoms with Gasteiger partial charge in [-0.05, 0) is 6.42 Å². The molecule has 9 heavy (non-hydrogen) atoms. The molecule has 0 radical (unpaired) electrons. The van der Waals surface area contributed by atoms with Crippen LogP contribution in [0.15, 0.2) is 0 Å². The summed E-state index contributed by atoms with van der Waals surface area (Å²) in [6, 6.07) is 0. The second-order valence-corrected chi connectivity index (χ2v) is 4.35. The molecule has 1 nitrogen and oxygen atoms in total. The van der Waals surface area contributed by atoms with Crippen LogP contribution in [-0.2, 0) is 4.74 Å². The smallest absolute Gasteiger partial charge is 0.0643 e. The molecule has 0 aliphatic heterocycles. The van der Waals surface area contributed by atoms with E-state index in [-0.39, 0.29) is 0 Å². The van der Waals surface area contributed by atoms with Crippen LogP contribution in [0.2, 0.25) is 0 Å². The summed E-state index contributed by atoms with van der Waals surface area (Å²) >= 11 is 3.58. The maximum absolute atomic E-state index is 5.24. The van der Waals surface area contributed by atoms with Crippen molar-refractivity contribution in [2.75, 3.05) is 7.11 Å². The normalized spacial score (nSPS) is 40.0. The minimum Gasteiger partial charge on any atom is -0.381 e. The lowest BCUT2D eigenvalue weighted by molar-refractivity contribution is -0.0601. The van der Waals surface area contributed by atoms with Crippen LogP contribution in [0.4, 0.5) is 0 Å². The van der Waals surface area contributed by atoms with E-state index in [1.54, 1.807) is 7.11 Å². The Morgan fingerprint density at radius 2 is 2.11 bits per heavy atom. The van der Waals surface area contributed by atoms with Crippen molar-refractivity contribution in [2.24, 2.45) is 5.41 Å². The largest absolute Gasteiger partial charge is 0.381 e. The number of halogens is 1. The van der Waals surface area contributed by atoms with E-state index in [4.69, 9.17) is 4.74 Å². The van der Waals surface area contributed by atoms with Crippen molar-refractivity contribution in [3.05, 3.63) is 0 Å². The van der Waals surface area contributed by atoms with E-state index in [9.17, 15) is 0 Å². The summed E-state index contributed by atoms with van der Waals surface area (Å²) in [4.78, 5) is 0.648. The van der Waals surface area contributed by atoms with Gasteiger partial charge in [0, 0.05) is 17.4 Å². The van der Waals surface area contributed by atoms with Crippen LogP contribution in [0.1, 0.15) is 20.3 Å². The first-order valence-corrected chi connectivity index (χ1v) is 4.17. The molecule has 1 aliphatic rings. The minimum atomic E-state index is 0.342. The molecule has 1 aliphatic carbocycles. The zero-order chi connectivity index (χ0) is 7.07. The fourth-order valence-corrected chi connectivity index (χ4v) is 1.87. The van der Waals surface area contributed by atoms with E-state index in [1.165, 1.54) is 0 Å². The van der Waals surface area contributed by atoms with E-state index in [0.29, 0.717) is 16.3 Å². The Hall–Kier alpha value is 0.440. The lowest BCUT2D eigenvalue weighted by atomic mass is 9.69. The third-order valence-corrected chi connectivity index (χ3v) is 3.90. The molecule has 0 aromatic rings. The fourth-order valence-electron chi connectivity index (χ4n) is 1.24. The van der Waals surface area contributed by atoms with Gasteiger partial charge in [0.2, 0.25) is 0 Å².